The van der Waals surface area contributed by atoms with Gasteiger partial charge in [-0.3, -0.25) is 0 Å². The summed E-state index contributed by atoms with van der Waals surface area (Å²) in [7, 11) is 3.32. The Morgan fingerprint density at radius 1 is 0.950 bits per heavy atom. The SMILES string of the molecule is CNc1cc(OC)cc(-c2ccc(C(F)(F)F)cc2)c1. The van der Waals surface area contributed by atoms with E-state index in [1.165, 1.54) is 12.1 Å². The Morgan fingerprint density at radius 3 is 2.10 bits per heavy atom. The van der Waals surface area contributed by atoms with Gasteiger partial charge in [0.2, 0.25) is 0 Å². The maximum Gasteiger partial charge on any atom is 0.416 e. The van der Waals surface area contributed by atoms with Gasteiger partial charge in [0.05, 0.1) is 12.7 Å². The van der Waals surface area contributed by atoms with Gasteiger partial charge in [-0.1, -0.05) is 12.1 Å². The highest BCUT2D eigenvalue weighted by atomic mass is 19.4. The molecule has 0 saturated heterocycles. The molecule has 1 N–H and O–H groups in total. The Balaban J connectivity index is 2.41. The van der Waals surface area contributed by atoms with E-state index in [1.54, 1.807) is 20.2 Å². The molecule has 20 heavy (non-hydrogen) atoms. The van der Waals surface area contributed by atoms with Crippen molar-refractivity contribution >= 4 is 5.69 Å². The highest BCUT2D eigenvalue weighted by Crippen LogP contribution is 2.32. The van der Waals surface area contributed by atoms with E-state index >= 15 is 0 Å². The van der Waals surface area contributed by atoms with Gasteiger partial charge in [0, 0.05) is 18.8 Å². The fourth-order valence-corrected chi connectivity index (χ4v) is 1.88. The summed E-state index contributed by atoms with van der Waals surface area (Å²) in [5.74, 6) is 0.645. The van der Waals surface area contributed by atoms with Gasteiger partial charge in [-0.15, -0.1) is 0 Å². The molecular weight excluding hydrogens is 267 g/mol. The fraction of sp³-hybridized carbons (Fsp3) is 0.200. The van der Waals surface area contributed by atoms with Crippen molar-refractivity contribution in [2.45, 2.75) is 6.18 Å². The monoisotopic (exact) mass is 281 g/mol. The van der Waals surface area contributed by atoms with Gasteiger partial charge < -0.3 is 10.1 Å². The van der Waals surface area contributed by atoms with Crippen LogP contribution in [0.25, 0.3) is 11.1 Å². The average Bonchev–Trinajstić information content (AvgIpc) is 2.46. The lowest BCUT2D eigenvalue weighted by molar-refractivity contribution is -0.137. The zero-order chi connectivity index (χ0) is 14.8. The highest BCUT2D eigenvalue weighted by Gasteiger charge is 2.29. The first-order valence-electron chi connectivity index (χ1n) is 5.98. The van der Waals surface area contributed by atoms with Crippen molar-refractivity contribution in [3.8, 4) is 16.9 Å². The molecule has 2 nitrogen and oxygen atoms in total. The number of nitrogens with one attached hydrogen (secondary N) is 1. The Bertz CT molecular complexity index is 569. The van der Waals surface area contributed by atoms with Crippen LogP contribution < -0.4 is 10.1 Å². The fourth-order valence-electron chi connectivity index (χ4n) is 1.88. The molecule has 2 aromatic carbocycles. The van der Waals surface area contributed by atoms with Crippen LogP contribution in [0.1, 0.15) is 5.56 Å². The Morgan fingerprint density at radius 2 is 1.60 bits per heavy atom. The zero-order valence-electron chi connectivity index (χ0n) is 11.1. The number of hydrogen-bond acceptors (Lipinski definition) is 2. The lowest BCUT2D eigenvalue weighted by atomic mass is 10.0. The zero-order valence-corrected chi connectivity index (χ0v) is 11.1. The first-order chi connectivity index (χ1) is 9.44. The van der Waals surface area contributed by atoms with Crippen molar-refractivity contribution in [2.24, 2.45) is 0 Å². The van der Waals surface area contributed by atoms with E-state index in [2.05, 4.69) is 5.32 Å². The number of anilines is 1. The van der Waals surface area contributed by atoms with Crippen LogP contribution in [-0.4, -0.2) is 14.2 Å². The van der Waals surface area contributed by atoms with Crippen molar-refractivity contribution in [1.29, 1.82) is 0 Å². The second-order valence-corrected chi connectivity index (χ2v) is 4.28. The topological polar surface area (TPSA) is 21.3 Å². The van der Waals surface area contributed by atoms with Gasteiger partial charge in [-0.2, -0.15) is 13.2 Å². The molecule has 0 heterocycles. The number of benzene rings is 2. The largest absolute Gasteiger partial charge is 0.497 e. The van der Waals surface area contributed by atoms with Crippen molar-refractivity contribution in [2.75, 3.05) is 19.5 Å². The van der Waals surface area contributed by atoms with Crippen LogP contribution in [0.5, 0.6) is 5.75 Å². The number of methoxy groups -OCH3 is 1. The molecule has 5 heteroatoms. The third-order valence-electron chi connectivity index (χ3n) is 2.98. The van der Waals surface area contributed by atoms with E-state index in [9.17, 15) is 13.2 Å². The van der Waals surface area contributed by atoms with Crippen LogP contribution in [0, 0.1) is 0 Å². The standard InChI is InChI=1S/C15H14F3NO/c1-19-13-7-11(8-14(9-13)20-2)10-3-5-12(6-4-10)15(16,17)18/h3-9,19H,1-2H3. The van der Waals surface area contributed by atoms with Crippen molar-refractivity contribution in [1.82, 2.24) is 0 Å². The van der Waals surface area contributed by atoms with Gasteiger partial charge in [0.1, 0.15) is 5.75 Å². The molecule has 0 spiro atoms. The second kappa shape index (κ2) is 5.45. The molecule has 0 aromatic heterocycles. The molecule has 0 unspecified atom stereocenters. The Hall–Kier alpha value is -2.17. The molecule has 2 aromatic rings. The van der Waals surface area contributed by atoms with Crippen LogP contribution >= 0.6 is 0 Å². The summed E-state index contributed by atoms with van der Waals surface area (Å²) in [6.45, 7) is 0. The van der Waals surface area contributed by atoms with E-state index in [0.717, 1.165) is 23.4 Å². The summed E-state index contributed by atoms with van der Waals surface area (Å²) in [6.07, 6.45) is -4.32. The van der Waals surface area contributed by atoms with Crippen LogP contribution in [0.15, 0.2) is 42.5 Å². The smallest absolute Gasteiger partial charge is 0.416 e. The van der Waals surface area contributed by atoms with E-state index in [1.807, 2.05) is 12.1 Å². The number of halogens is 3. The normalized spacial score (nSPS) is 11.2. The third kappa shape index (κ3) is 3.04. The summed E-state index contributed by atoms with van der Waals surface area (Å²) < 4.78 is 42.8. The molecule has 0 aliphatic rings. The molecule has 106 valence electrons. The van der Waals surface area contributed by atoms with Gasteiger partial charge in [-0.05, 0) is 35.4 Å². The maximum atomic E-state index is 12.5. The molecule has 0 bridgehead atoms. The first-order valence-corrected chi connectivity index (χ1v) is 5.98. The molecule has 0 radical (unpaired) electrons. The minimum absolute atomic E-state index is 0.645. The van der Waals surface area contributed by atoms with E-state index in [0.29, 0.717) is 11.3 Å². The Labute approximate surface area is 115 Å². The molecule has 0 aliphatic heterocycles. The molecule has 0 fully saturated rings. The van der Waals surface area contributed by atoms with Crippen LogP contribution in [-0.2, 0) is 6.18 Å². The predicted octanol–water partition coefficient (Wildman–Crippen LogP) is 4.42. The van der Waals surface area contributed by atoms with Gasteiger partial charge in [0.25, 0.3) is 0 Å². The summed E-state index contributed by atoms with van der Waals surface area (Å²) in [5.41, 5.74) is 1.67. The average molecular weight is 281 g/mol. The molecule has 0 amide bonds. The van der Waals surface area contributed by atoms with E-state index in [-0.39, 0.29) is 0 Å². The lowest BCUT2D eigenvalue weighted by Gasteiger charge is -2.11. The third-order valence-corrected chi connectivity index (χ3v) is 2.98. The number of rotatable bonds is 3. The second-order valence-electron chi connectivity index (χ2n) is 4.28. The first kappa shape index (κ1) is 14.2. The summed E-state index contributed by atoms with van der Waals surface area (Å²) in [5, 5.41) is 2.99. The number of alkyl halides is 3. The summed E-state index contributed by atoms with van der Waals surface area (Å²) >= 11 is 0. The van der Waals surface area contributed by atoms with Crippen LogP contribution in [0.3, 0.4) is 0 Å². The van der Waals surface area contributed by atoms with Gasteiger partial charge >= 0.3 is 6.18 Å². The van der Waals surface area contributed by atoms with E-state index in [4.69, 9.17) is 4.74 Å². The summed E-state index contributed by atoms with van der Waals surface area (Å²) in [6, 6.07) is 10.5. The van der Waals surface area contributed by atoms with Gasteiger partial charge in [0.15, 0.2) is 0 Å². The molecule has 0 aliphatic carbocycles. The van der Waals surface area contributed by atoms with Crippen LogP contribution in [0.2, 0.25) is 0 Å². The van der Waals surface area contributed by atoms with E-state index < -0.39 is 11.7 Å². The van der Waals surface area contributed by atoms with Crippen molar-refractivity contribution in [3.63, 3.8) is 0 Å². The predicted molar refractivity (Wildman–Crippen MR) is 73.0 cm³/mol. The highest BCUT2D eigenvalue weighted by molar-refractivity contribution is 5.70. The Kier molecular flexibility index (Phi) is 3.88. The van der Waals surface area contributed by atoms with Crippen molar-refractivity contribution < 1.29 is 17.9 Å². The number of hydrogen-bond donors (Lipinski definition) is 1. The number of ether oxygens (including phenoxy) is 1. The van der Waals surface area contributed by atoms with Crippen LogP contribution in [0.4, 0.5) is 18.9 Å². The molecule has 0 saturated carbocycles. The molecule has 0 atom stereocenters. The lowest BCUT2D eigenvalue weighted by Crippen LogP contribution is -2.04. The summed E-state index contributed by atoms with van der Waals surface area (Å²) in [4.78, 5) is 0. The molecule has 2 rings (SSSR count). The van der Waals surface area contributed by atoms with Crippen molar-refractivity contribution in [3.05, 3.63) is 48.0 Å². The maximum absolute atomic E-state index is 12.5. The minimum atomic E-state index is -4.32. The molecular formula is C15H14F3NO. The quantitative estimate of drug-likeness (QED) is 0.899. The van der Waals surface area contributed by atoms with Gasteiger partial charge in [-0.25, -0.2) is 0 Å². The minimum Gasteiger partial charge on any atom is -0.497 e.